The zero-order valence-corrected chi connectivity index (χ0v) is 12.3. The number of halogens is 1. The summed E-state index contributed by atoms with van der Waals surface area (Å²) in [5.41, 5.74) is 0. The molecule has 0 spiro atoms. The predicted molar refractivity (Wildman–Crippen MR) is 75.2 cm³/mol. The lowest BCUT2D eigenvalue weighted by Gasteiger charge is -2.21. The molecule has 0 unspecified atom stereocenters. The van der Waals surface area contributed by atoms with Crippen LogP contribution < -0.4 is 4.74 Å². The third-order valence-corrected chi connectivity index (χ3v) is 2.87. The Bertz CT molecular complexity index is 425. The van der Waals surface area contributed by atoms with Gasteiger partial charge in [-0.3, -0.25) is 4.79 Å². The minimum absolute atomic E-state index is 0.0576. The number of carbonyl (C=O) groups excluding carboxylic acids is 1. The van der Waals surface area contributed by atoms with Crippen LogP contribution in [-0.4, -0.2) is 43.7 Å². The quantitative estimate of drug-likeness (QED) is 0.688. The van der Waals surface area contributed by atoms with Crippen LogP contribution in [0.5, 0.6) is 5.75 Å². The Morgan fingerprint density at radius 1 is 1.40 bits per heavy atom. The smallest absolute Gasteiger partial charge is 0.251 e. The van der Waals surface area contributed by atoms with E-state index in [1.807, 2.05) is 6.92 Å². The van der Waals surface area contributed by atoms with Crippen LogP contribution in [0, 0.1) is 5.82 Å². The molecule has 0 saturated carbocycles. The third kappa shape index (κ3) is 5.17. The highest BCUT2D eigenvalue weighted by Crippen LogP contribution is 2.15. The van der Waals surface area contributed by atoms with Gasteiger partial charge in [-0.05, 0) is 32.4 Å². The predicted octanol–water partition coefficient (Wildman–Crippen LogP) is 2.48. The number of hydrogen-bond acceptors (Lipinski definition) is 3. The van der Waals surface area contributed by atoms with Crippen molar-refractivity contribution < 1.29 is 18.7 Å². The van der Waals surface area contributed by atoms with E-state index < -0.39 is 6.10 Å². The van der Waals surface area contributed by atoms with Gasteiger partial charge in [0, 0.05) is 20.2 Å². The van der Waals surface area contributed by atoms with Crippen LogP contribution in [0.2, 0.25) is 0 Å². The average molecular weight is 283 g/mol. The van der Waals surface area contributed by atoms with Gasteiger partial charge in [0.25, 0.3) is 5.91 Å². The van der Waals surface area contributed by atoms with Crippen molar-refractivity contribution in [2.24, 2.45) is 0 Å². The highest BCUT2D eigenvalue weighted by Gasteiger charge is 2.16. The molecular formula is C15H22FNO3. The fourth-order valence-corrected chi connectivity index (χ4v) is 1.79. The molecule has 20 heavy (non-hydrogen) atoms. The average Bonchev–Trinajstić information content (AvgIpc) is 2.44. The summed E-state index contributed by atoms with van der Waals surface area (Å²) in [5, 5.41) is 0. The van der Waals surface area contributed by atoms with Crippen molar-refractivity contribution in [2.75, 3.05) is 26.8 Å². The Labute approximate surface area is 119 Å². The normalized spacial score (nSPS) is 12.0. The number of amides is 1. The fourth-order valence-electron chi connectivity index (χ4n) is 1.79. The molecule has 1 atom stereocenters. The molecule has 1 aromatic carbocycles. The van der Waals surface area contributed by atoms with E-state index in [0.717, 1.165) is 0 Å². The van der Waals surface area contributed by atoms with E-state index in [2.05, 4.69) is 0 Å². The highest BCUT2D eigenvalue weighted by molar-refractivity contribution is 5.80. The number of rotatable bonds is 8. The summed E-state index contributed by atoms with van der Waals surface area (Å²) in [4.78, 5) is 13.5. The second-order valence-corrected chi connectivity index (χ2v) is 4.49. The van der Waals surface area contributed by atoms with E-state index in [1.54, 1.807) is 37.1 Å². The molecule has 0 saturated heterocycles. The summed E-state index contributed by atoms with van der Waals surface area (Å²) in [6.07, 6.45) is 0.201. The molecule has 0 heterocycles. The van der Waals surface area contributed by atoms with Gasteiger partial charge in [-0.1, -0.05) is 12.1 Å². The number of nitrogens with zero attached hydrogens (tertiary/aromatic N) is 1. The zero-order chi connectivity index (χ0) is 15.0. The van der Waals surface area contributed by atoms with Gasteiger partial charge in [0.05, 0.1) is 6.61 Å². The highest BCUT2D eigenvalue weighted by atomic mass is 19.1. The minimum Gasteiger partial charge on any atom is -0.490 e. The van der Waals surface area contributed by atoms with E-state index in [1.165, 1.54) is 6.07 Å². The van der Waals surface area contributed by atoms with Crippen LogP contribution in [0.1, 0.15) is 20.3 Å². The van der Waals surface area contributed by atoms with Gasteiger partial charge < -0.3 is 14.4 Å². The van der Waals surface area contributed by atoms with Crippen LogP contribution in [0.3, 0.4) is 0 Å². The van der Waals surface area contributed by atoms with Gasteiger partial charge in [0.2, 0.25) is 0 Å². The standard InChI is InChI=1S/C15H22FNO3/c1-4-19-12(2)15(18)17(3)10-7-11-20-14-9-6-5-8-13(14)16/h5-6,8-9,12H,4,7,10-11H2,1-3H3/t12-/m1/s1. The van der Waals surface area contributed by atoms with Crippen LogP contribution in [0.4, 0.5) is 4.39 Å². The first-order valence-corrected chi connectivity index (χ1v) is 6.80. The third-order valence-electron chi connectivity index (χ3n) is 2.87. The summed E-state index contributed by atoms with van der Waals surface area (Å²) < 4.78 is 23.9. The largest absolute Gasteiger partial charge is 0.490 e. The minimum atomic E-state index is -0.433. The van der Waals surface area contributed by atoms with Gasteiger partial charge in [-0.2, -0.15) is 0 Å². The summed E-state index contributed by atoms with van der Waals surface area (Å²) in [7, 11) is 1.72. The van der Waals surface area contributed by atoms with Crippen molar-refractivity contribution in [3.8, 4) is 5.75 Å². The van der Waals surface area contributed by atoms with Gasteiger partial charge in [0.15, 0.2) is 11.6 Å². The molecule has 0 radical (unpaired) electrons. The van der Waals surface area contributed by atoms with Gasteiger partial charge in [-0.25, -0.2) is 4.39 Å². The van der Waals surface area contributed by atoms with Gasteiger partial charge in [0.1, 0.15) is 6.10 Å². The van der Waals surface area contributed by atoms with Gasteiger partial charge >= 0.3 is 0 Å². The maximum atomic E-state index is 13.3. The SMILES string of the molecule is CCO[C@H](C)C(=O)N(C)CCCOc1ccccc1F. The molecule has 1 amide bonds. The van der Waals surface area contributed by atoms with Crippen LogP contribution in [0.15, 0.2) is 24.3 Å². The Morgan fingerprint density at radius 2 is 2.10 bits per heavy atom. The van der Waals surface area contributed by atoms with Crippen molar-refractivity contribution in [3.05, 3.63) is 30.1 Å². The lowest BCUT2D eigenvalue weighted by Crippen LogP contribution is -2.37. The molecule has 1 aromatic rings. The first kappa shape index (κ1) is 16.4. The van der Waals surface area contributed by atoms with Crippen molar-refractivity contribution in [1.82, 2.24) is 4.90 Å². The molecule has 112 valence electrons. The van der Waals surface area contributed by atoms with Crippen LogP contribution >= 0.6 is 0 Å². The summed E-state index contributed by atoms with van der Waals surface area (Å²) in [6, 6.07) is 6.28. The first-order valence-electron chi connectivity index (χ1n) is 6.80. The number of ether oxygens (including phenoxy) is 2. The molecule has 0 bridgehead atoms. The Kier molecular flexibility index (Phi) is 7.01. The monoisotopic (exact) mass is 283 g/mol. The number of benzene rings is 1. The second kappa shape index (κ2) is 8.53. The van der Waals surface area contributed by atoms with Crippen molar-refractivity contribution in [1.29, 1.82) is 0 Å². The topological polar surface area (TPSA) is 38.8 Å². The number of likely N-dealkylation sites (N-methyl/N-ethyl adjacent to an activating group) is 1. The molecular weight excluding hydrogens is 261 g/mol. The summed E-state index contributed by atoms with van der Waals surface area (Å²) >= 11 is 0. The van der Waals surface area contributed by atoms with E-state index >= 15 is 0 Å². The molecule has 5 heteroatoms. The lowest BCUT2D eigenvalue weighted by molar-refractivity contribution is -0.141. The molecule has 1 rings (SSSR count). The lowest BCUT2D eigenvalue weighted by atomic mass is 10.3. The van der Waals surface area contributed by atoms with Crippen molar-refractivity contribution in [2.45, 2.75) is 26.4 Å². The fraction of sp³-hybridized carbons (Fsp3) is 0.533. The molecule has 0 aliphatic heterocycles. The van der Waals surface area contributed by atoms with Gasteiger partial charge in [-0.15, -0.1) is 0 Å². The Morgan fingerprint density at radius 3 is 2.75 bits per heavy atom. The second-order valence-electron chi connectivity index (χ2n) is 4.49. The van der Waals surface area contributed by atoms with E-state index in [9.17, 15) is 9.18 Å². The summed E-state index contributed by atoms with van der Waals surface area (Å²) in [6.45, 7) is 5.01. The molecule has 0 N–H and O–H groups in total. The van der Waals surface area contributed by atoms with Crippen molar-refractivity contribution >= 4 is 5.91 Å². The molecule has 4 nitrogen and oxygen atoms in total. The van der Waals surface area contributed by atoms with Crippen LogP contribution in [0.25, 0.3) is 0 Å². The first-order chi connectivity index (χ1) is 9.56. The van der Waals surface area contributed by atoms with Crippen molar-refractivity contribution in [3.63, 3.8) is 0 Å². The van der Waals surface area contributed by atoms with Crippen LogP contribution in [-0.2, 0) is 9.53 Å². The summed E-state index contributed by atoms with van der Waals surface area (Å²) in [5.74, 6) is -0.191. The molecule has 0 aliphatic rings. The molecule has 0 aromatic heterocycles. The Balaban J connectivity index is 2.27. The van der Waals surface area contributed by atoms with E-state index in [4.69, 9.17) is 9.47 Å². The maximum absolute atomic E-state index is 13.3. The van der Waals surface area contributed by atoms with E-state index in [-0.39, 0.29) is 17.5 Å². The Hall–Kier alpha value is -1.62. The molecule has 0 fully saturated rings. The maximum Gasteiger partial charge on any atom is 0.251 e. The number of carbonyl (C=O) groups is 1. The molecule has 0 aliphatic carbocycles. The zero-order valence-electron chi connectivity index (χ0n) is 12.3. The number of para-hydroxylation sites is 1. The van der Waals surface area contributed by atoms with E-state index in [0.29, 0.717) is 26.2 Å². The number of hydrogen-bond donors (Lipinski definition) is 0.